The summed E-state index contributed by atoms with van der Waals surface area (Å²) in [5.74, 6) is 0.571. The Morgan fingerprint density at radius 1 is 0.886 bits per heavy atom. The highest BCUT2D eigenvalue weighted by atomic mass is 16.5. The van der Waals surface area contributed by atoms with Crippen molar-refractivity contribution < 1.29 is 4.74 Å². The monoisotopic (exact) mass is 464 g/mol. The van der Waals surface area contributed by atoms with Gasteiger partial charge in [0, 0.05) is 11.9 Å². The van der Waals surface area contributed by atoms with Crippen LogP contribution in [0, 0.1) is 34.6 Å². The van der Waals surface area contributed by atoms with Crippen molar-refractivity contribution in [2.24, 2.45) is 0 Å². The van der Waals surface area contributed by atoms with E-state index in [0.29, 0.717) is 35.0 Å². The fourth-order valence-electron chi connectivity index (χ4n) is 4.31. The molecule has 0 N–H and O–H groups in total. The van der Waals surface area contributed by atoms with Crippen LogP contribution in [0.2, 0.25) is 0 Å². The first-order chi connectivity index (χ1) is 16.8. The van der Waals surface area contributed by atoms with Crippen LogP contribution in [-0.4, -0.2) is 19.2 Å². The number of ether oxygens (including phenoxy) is 1. The fourth-order valence-corrected chi connectivity index (χ4v) is 4.31. The van der Waals surface area contributed by atoms with Gasteiger partial charge in [0.25, 0.3) is 5.56 Å². The molecule has 0 saturated carbocycles. The molecule has 0 radical (unpaired) electrons. The van der Waals surface area contributed by atoms with E-state index in [0.717, 1.165) is 16.9 Å². The maximum atomic E-state index is 13.6. The van der Waals surface area contributed by atoms with Crippen molar-refractivity contribution in [2.75, 3.05) is 0 Å². The van der Waals surface area contributed by atoms with Crippen LogP contribution in [0.3, 0.4) is 0 Å². The molecule has 0 saturated heterocycles. The van der Waals surface area contributed by atoms with Gasteiger partial charge >= 0.3 is 0 Å². The van der Waals surface area contributed by atoms with Gasteiger partial charge in [0.1, 0.15) is 12.3 Å². The lowest BCUT2D eigenvalue weighted by Gasteiger charge is -2.13. The Hall–Kier alpha value is -4.19. The molecule has 0 aliphatic heterocycles. The molecule has 0 amide bonds. The Morgan fingerprint density at radius 2 is 1.63 bits per heavy atom. The quantitative estimate of drug-likeness (QED) is 0.336. The molecule has 6 heteroatoms. The molecular formula is C29H28N4O2. The van der Waals surface area contributed by atoms with Crippen molar-refractivity contribution in [3.05, 3.63) is 111 Å². The standard InChI is InChI=1S/C29H28N4O2/c1-18-9-12-24(13-10-18)33-21(4)16-25(31-33)27-22(5)30-28-26(7-6-14-32(28)29(27)34)35-17-23-15-19(2)8-11-20(23)3/h6-16H,17H2,1-5H3. The van der Waals surface area contributed by atoms with Gasteiger partial charge in [-0.3, -0.25) is 9.20 Å². The van der Waals surface area contributed by atoms with E-state index >= 15 is 0 Å². The number of hydrogen-bond donors (Lipinski definition) is 0. The van der Waals surface area contributed by atoms with Crippen molar-refractivity contribution in [1.29, 1.82) is 0 Å². The predicted octanol–water partition coefficient (Wildman–Crippen LogP) is 5.67. The van der Waals surface area contributed by atoms with Gasteiger partial charge in [-0.25, -0.2) is 9.67 Å². The van der Waals surface area contributed by atoms with E-state index in [2.05, 4.69) is 39.0 Å². The lowest BCUT2D eigenvalue weighted by atomic mass is 10.1. The van der Waals surface area contributed by atoms with Crippen LogP contribution in [0.4, 0.5) is 0 Å². The van der Waals surface area contributed by atoms with Crippen LogP contribution < -0.4 is 10.3 Å². The number of rotatable bonds is 5. The van der Waals surface area contributed by atoms with Gasteiger partial charge in [0.2, 0.25) is 0 Å². The largest absolute Gasteiger partial charge is 0.485 e. The molecular weight excluding hydrogens is 436 g/mol. The van der Waals surface area contributed by atoms with Gasteiger partial charge in [-0.15, -0.1) is 0 Å². The SMILES string of the molecule is Cc1ccc(-n2nc(-c3c(C)nc4c(OCc5cc(C)ccc5C)cccn4c3=O)cc2C)cc1. The fraction of sp³-hybridized carbons (Fsp3) is 0.207. The van der Waals surface area contributed by atoms with E-state index in [-0.39, 0.29) is 5.56 Å². The second-order valence-corrected chi connectivity index (χ2v) is 9.08. The predicted molar refractivity (Wildman–Crippen MR) is 138 cm³/mol. The third-order valence-electron chi connectivity index (χ3n) is 6.31. The Labute approximate surface area is 204 Å². The van der Waals surface area contributed by atoms with E-state index in [1.54, 1.807) is 10.6 Å². The first kappa shape index (κ1) is 22.6. The first-order valence-electron chi connectivity index (χ1n) is 11.7. The number of hydrogen-bond acceptors (Lipinski definition) is 4. The smallest absolute Gasteiger partial charge is 0.267 e. The van der Waals surface area contributed by atoms with E-state index in [1.807, 2.05) is 61.0 Å². The van der Waals surface area contributed by atoms with E-state index in [9.17, 15) is 4.79 Å². The highest BCUT2D eigenvalue weighted by molar-refractivity contribution is 5.65. The summed E-state index contributed by atoms with van der Waals surface area (Å²) in [7, 11) is 0. The number of pyridine rings is 1. The van der Waals surface area contributed by atoms with Crippen LogP contribution in [0.25, 0.3) is 22.6 Å². The zero-order chi connectivity index (χ0) is 24.7. The Morgan fingerprint density at radius 3 is 2.40 bits per heavy atom. The Kier molecular flexibility index (Phi) is 5.73. The number of aromatic nitrogens is 4. The molecule has 0 spiro atoms. The highest BCUT2D eigenvalue weighted by Gasteiger charge is 2.18. The third kappa shape index (κ3) is 4.23. The Balaban J connectivity index is 1.55. The molecule has 0 atom stereocenters. The number of aryl methyl sites for hydroxylation is 5. The average Bonchev–Trinajstić information content (AvgIpc) is 3.21. The summed E-state index contributed by atoms with van der Waals surface area (Å²) in [5, 5.41) is 4.76. The number of nitrogens with zero attached hydrogens (tertiary/aromatic N) is 4. The zero-order valence-electron chi connectivity index (χ0n) is 20.7. The van der Waals surface area contributed by atoms with Crippen molar-refractivity contribution in [1.82, 2.24) is 19.2 Å². The summed E-state index contributed by atoms with van der Waals surface area (Å²) >= 11 is 0. The van der Waals surface area contributed by atoms with Gasteiger partial charge in [-0.1, -0.05) is 41.5 Å². The molecule has 0 aliphatic rings. The summed E-state index contributed by atoms with van der Waals surface area (Å²) in [4.78, 5) is 18.4. The molecule has 6 nitrogen and oxygen atoms in total. The topological polar surface area (TPSA) is 61.4 Å². The van der Waals surface area contributed by atoms with Crippen LogP contribution in [0.1, 0.15) is 33.6 Å². The average molecular weight is 465 g/mol. The molecule has 3 heterocycles. The Bertz CT molecular complexity index is 1610. The molecule has 3 aromatic heterocycles. The van der Waals surface area contributed by atoms with E-state index < -0.39 is 0 Å². The number of benzene rings is 2. The minimum Gasteiger partial charge on any atom is -0.485 e. The van der Waals surface area contributed by atoms with Crippen molar-refractivity contribution in [2.45, 2.75) is 41.2 Å². The zero-order valence-corrected chi connectivity index (χ0v) is 20.7. The third-order valence-corrected chi connectivity index (χ3v) is 6.31. The van der Waals surface area contributed by atoms with Crippen LogP contribution in [-0.2, 0) is 6.61 Å². The maximum absolute atomic E-state index is 13.6. The first-order valence-corrected chi connectivity index (χ1v) is 11.7. The van der Waals surface area contributed by atoms with Crippen LogP contribution in [0.15, 0.2) is 71.7 Å². The van der Waals surface area contributed by atoms with Gasteiger partial charge < -0.3 is 4.74 Å². The lowest BCUT2D eigenvalue weighted by Crippen LogP contribution is -2.19. The van der Waals surface area contributed by atoms with Crippen molar-refractivity contribution in [3.63, 3.8) is 0 Å². The van der Waals surface area contributed by atoms with Gasteiger partial charge in [-0.2, -0.15) is 5.10 Å². The van der Waals surface area contributed by atoms with Crippen molar-refractivity contribution >= 4 is 5.65 Å². The molecule has 0 bridgehead atoms. The normalized spacial score (nSPS) is 11.2. The maximum Gasteiger partial charge on any atom is 0.267 e. The second-order valence-electron chi connectivity index (χ2n) is 9.08. The number of fused-ring (bicyclic) bond motifs is 1. The summed E-state index contributed by atoms with van der Waals surface area (Å²) in [5.41, 5.74) is 8.58. The molecule has 0 fully saturated rings. The molecule has 0 aliphatic carbocycles. The minimum absolute atomic E-state index is 0.168. The van der Waals surface area contributed by atoms with Crippen molar-refractivity contribution in [3.8, 4) is 22.7 Å². The minimum atomic E-state index is -0.168. The van der Waals surface area contributed by atoms with Crippen LogP contribution in [0.5, 0.6) is 5.75 Å². The molecule has 5 rings (SSSR count). The van der Waals surface area contributed by atoms with Gasteiger partial charge in [0.05, 0.1) is 16.9 Å². The molecule has 176 valence electrons. The lowest BCUT2D eigenvalue weighted by molar-refractivity contribution is 0.307. The molecule has 35 heavy (non-hydrogen) atoms. The summed E-state index contributed by atoms with van der Waals surface area (Å²) < 4.78 is 9.54. The molecule has 2 aromatic carbocycles. The van der Waals surface area contributed by atoms with E-state index in [4.69, 9.17) is 14.8 Å². The highest BCUT2D eigenvalue weighted by Crippen LogP contribution is 2.25. The molecule has 5 aromatic rings. The van der Waals surface area contributed by atoms with Gasteiger partial charge in [0.15, 0.2) is 11.4 Å². The van der Waals surface area contributed by atoms with Crippen LogP contribution >= 0.6 is 0 Å². The molecule has 0 unspecified atom stereocenters. The summed E-state index contributed by atoms with van der Waals surface area (Å²) in [6.45, 7) is 10.4. The second kappa shape index (κ2) is 8.87. The van der Waals surface area contributed by atoms with Gasteiger partial charge in [-0.05, 0) is 76.1 Å². The summed E-state index contributed by atoms with van der Waals surface area (Å²) in [6.07, 6.45) is 1.72. The summed E-state index contributed by atoms with van der Waals surface area (Å²) in [6, 6.07) is 20.0. The van der Waals surface area contributed by atoms with E-state index in [1.165, 1.54) is 16.7 Å².